The normalized spacial score (nSPS) is 12.0. The first-order valence-corrected chi connectivity index (χ1v) is 6.38. The lowest BCUT2D eigenvalue weighted by Gasteiger charge is -2.12. The lowest BCUT2D eigenvalue weighted by molar-refractivity contribution is 0.604. The van der Waals surface area contributed by atoms with Crippen molar-refractivity contribution < 1.29 is 4.42 Å². The molecule has 3 aromatic rings. The zero-order valence-corrected chi connectivity index (χ0v) is 11.0. The van der Waals surface area contributed by atoms with Gasteiger partial charge in [-0.15, -0.1) is 0 Å². The van der Waals surface area contributed by atoms with Gasteiger partial charge >= 0.3 is 0 Å². The molecule has 1 heterocycles. The third kappa shape index (κ3) is 2.34. The molecule has 0 radical (unpaired) electrons. The summed E-state index contributed by atoms with van der Waals surface area (Å²) < 4.78 is 5.63. The highest BCUT2D eigenvalue weighted by molar-refractivity contribution is 5.74. The Morgan fingerprint density at radius 2 is 1.90 bits per heavy atom. The van der Waals surface area contributed by atoms with Crippen molar-refractivity contribution in [3.05, 3.63) is 59.7 Å². The van der Waals surface area contributed by atoms with Gasteiger partial charge < -0.3 is 9.73 Å². The predicted octanol–water partition coefficient (Wildman–Crippen LogP) is 3.87. The van der Waals surface area contributed by atoms with Gasteiger partial charge in [0.05, 0.1) is 17.7 Å². The molecule has 1 N–H and O–H groups in total. The summed E-state index contributed by atoms with van der Waals surface area (Å²) in [6.45, 7) is 2.02. The van der Waals surface area contributed by atoms with E-state index in [1.807, 2.05) is 43.3 Å². The number of anilines is 1. The lowest BCUT2D eigenvalue weighted by atomic mass is 10.1. The molecule has 20 heavy (non-hydrogen) atoms. The summed E-state index contributed by atoms with van der Waals surface area (Å²) in [7, 11) is 0. The number of nitrogens with one attached hydrogen (secondary N) is 1. The summed E-state index contributed by atoms with van der Waals surface area (Å²) in [6, 6.07) is 17.8. The maximum Gasteiger partial charge on any atom is 0.296 e. The molecule has 1 atom stereocenters. The Bertz CT molecular complexity index is 735. The molecule has 4 heteroatoms. The summed E-state index contributed by atoms with van der Waals surface area (Å²) in [5.74, 6) is 0. The van der Waals surface area contributed by atoms with Crippen LogP contribution in [0.3, 0.4) is 0 Å². The molecular formula is C16H13N3O. The molecule has 98 valence electrons. The number of aromatic nitrogens is 1. The second-order valence-electron chi connectivity index (χ2n) is 4.59. The van der Waals surface area contributed by atoms with E-state index in [2.05, 4.69) is 16.4 Å². The van der Waals surface area contributed by atoms with Crippen LogP contribution in [0.1, 0.15) is 24.1 Å². The number of benzene rings is 2. The van der Waals surface area contributed by atoms with Crippen LogP contribution in [0.4, 0.5) is 6.01 Å². The molecule has 1 aromatic heterocycles. The molecule has 4 nitrogen and oxygen atoms in total. The van der Waals surface area contributed by atoms with E-state index >= 15 is 0 Å². The molecule has 3 rings (SSSR count). The van der Waals surface area contributed by atoms with Crippen LogP contribution in [0.25, 0.3) is 11.1 Å². The molecule has 0 saturated heterocycles. The number of para-hydroxylation sites is 2. The Hall–Kier alpha value is -2.80. The third-order valence-electron chi connectivity index (χ3n) is 3.17. The highest BCUT2D eigenvalue weighted by atomic mass is 16.4. The Morgan fingerprint density at radius 3 is 2.60 bits per heavy atom. The van der Waals surface area contributed by atoms with E-state index in [4.69, 9.17) is 9.68 Å². The van der Waals surface area contributed by atoms with Gasteiger partial charge in [-0.2, -0.15) is 10.2 Å². The number of hydrogen-bond acceptors (Lipinski definition) is 4. The van der Waals surface area contributed by atoms with Gasteiger partial charge in [-0.25, -0.2) is 0 Å². The molecular weight excluding hydrogens is 250 g/mol. The van der Waals surface area contributed by atoms with Gasteiger partial charge in [0.1, 0.15) is 5.52 Å². The molecule has 0 aliphatic carbocycles. The van der Waals surface area contributed by atoms with Crippen LogP contribution in [0.2, 0.25) is 0 Å². The Balaban J connectivity index is 1.80. The zero-order chi connectivity index (χ0) is 13.9. The van der Waals surface area contributed by atoms with Gasteiger partial charge in [0, 0.05) is 0 Å². The van der Waals surface area contributed by atoms with E-state index in [9.17, 15) is 0 Å². The Labute approximate surface area is 116 Å². The fraction of sp³-hybridized carbons (Fsp3) is 0.125. The SMILES string of the molecule is C[C@H](Nc1nc2ccccc2o1)c1ccc(C#N)cc1. The van der Waals surface area contributed by atoms with Crippen molar-refractivity contribution in [1.29, 1.82) is 5.26 Å². The maximum absolute atomic E-state index is 8.79. The largest absolute Gasteiger partial charge is 0.424 e. The summed E-state index contributed by atoms with van der Waals surface area (Å²) in [5.41, 5.74) is 3.33. The van der Waals surface area contributed by atoms with Gasteiger partial charge in [-0.05, 0) is 36.8 Å². The first-order chi connectivity index (χ1) is 9.76. The van der Waals surface area contributed by atoms with Crippen LogP contribution >= 0.6 is 0 Å². The average molecular weight is 263 g/mol. The molecule has 0 spiro atoms. The second-order valence-corrected chi connectivity index (χ2v) is 4.59. The number of rotatable bonds is 3. The minimum absolute atomic E-state index is 0.0517. The molecule has 0 aliphatic heterocycles. The van der Waals surface area contributed by atoms with E-state index in [0.29, 0.717) is 11.6 Å². The fourth-order valence-electron chi connectivity index (χ4n) is 2.05. The van der Waals surface area contributed by atoms with Gasteiger partial charge in [0.2, 0.25) is 0 Å². The van der Waals surface area contributed by atoms with Gasteiger partial charge in [0.25, 0.3) is 6.01 Å². The summed E-state index contributed by atoms with van der Waals surface area (Å²) in [4.78, 5) is 4.38. The topological polar surface area (TPSA) is 61.9 Å². The van der Waals surface area contributed by atoms with Crippen LogP contribution in [-0.4, -0.2) is 4.98 Å². The Morgan fingerprint density at radius 1 is 1.15 bits per heavy atom. The molecule has 0 fully saturated rings. The van der Waals surface area contributed by atoms with Crippen molar-refractivity contribution in [3.63, 3.8) is 0 Å². The van der Waals surface area contributed by atoms with Crippen LogP contribution in [0.5, 0.6) is 0 Å². The quantitative estimate of drug-likeness (QED) is 0.779. The summed E-state index contributed by atoms with van der Waals surface area (Å²) in [5, 5.41) is 12.0. The molecule has 0 bridgehead atoms. The van der Waals surface area contributed by atoms with Crippen molar-refractivity contribution in [3.8, 4) is 6.07 Å². The van der Waals surface area contributed by atoms with Crippen LogP contribution in [0, 0.1) is 11.3 Å². The van der Waals surface area contributed by atoms with Crippen LogP contribution in [0.15, 0.2) is 52.9 Å². The van der Waals surface area contributed by atoms with Crippen molar-refractivity contribution in [2.24, 2.45) is 0 Å². The number of oxazole rings is 1. The minimum atomic E-state index is 0.0517. The maximum atomic E-state index is 8.79. The first kappa shape index (κ1) is 12.2. The molecule has 2 aromatic carbocycles. The van der Waals surface area contributed by atoms with Gasteiger partial charge in [-0.3, -0.25) is 0 Å². The van der Waals surface area contributed by atoms with E-state index in [-0.39, 0.29) is 6.04 Å². The molecule has 0 unspecified atom stereocenters. The smallest absolute Gasteiger partial charge is 0.296 e. The highest BCUT2D eigenvalue weighted by Crippen LogP contribution is 2.23. The molecule has 0 saturated carbocycles. The first-order valence-electron chi connectivity index (χ1n) is 6.38. The Kier molecular flexibility index (Phi) is 3.10. The van der Waals surface area contributed by atoms with Gasteiger partial charge in [-0.1, -0.05) is 24.3 Å². The van der Waals surface area contributed by atoms with Crippen molar-refractivity contribution in [1.82, 2.24) is 4.98 Å². The highest BCUT2D eigenvalue weighted by Gasteiger charge is 2.10. The average Bonchev–Trinajstić information content (AvgIpc) is 2.89. The van der Waals surface area contributed by atoms with E-state index in [1.165, 1.54) is 0 Å². The third-order valence-corrected chi connectivity index (χ3v) is 3.17. The monoisotopic (exact) mass is 263 g/mol. The number of hydrogen-bond donors (Lipinski definition) is 1. The van der Waals surface area contributed by atoms with Crippen molar-refractivity contribution in [2.75, 3.05) is 5.32 Å². The van der Waals surface area contributed by atoms with E-state index in [0.717, 1.165) is 16.7 Å². The number of nitriles is 1. The lowest BCUT2D eigenvalue weighted by Crippen LogP contribution is -2.06. The van der Waals surface area contributed by atoms with Crippen LogP contribution in [-0.2, 0) is 0 Å². The number of fused-ring (bicyclic) bond motifs is 1. The van der Waals surface area contributed by atoms with E-state index in [1.54, 1.807) is 12.1 Å². The summed E-state index contributed by atoms with van der Waals surface area (Å²) >= 11 is 0. The fourth-order valence-corrected chi connectivity index (χ4v) is 2.05. The minimum Gasteiger partial charge on any atom is -0.424 e. The predicted molar refractivity (Wildman–Crippen MR) is 77.2 cm³/mol. The zero-order valence-electron chi connectivity index (χ0n) is 11.0. The van der Waals surface area contributed by atoms with Crippen molar-refractivity contribution >= 4 is 17.1 Å². The molecule has 0 aliphatic rings. The standard InChI is InChI=1S/C16H13N3O/c1-11(13-8-6-12(10-17)7-9-13)18-16-19-14-4-2-3-5-15(14)20-16/h2-9,11H,1H3,(H,18,19)/t11-/m0/s1. The second kappa shape index (κ2) is 5.06. The summed E-state index contributed by atoms with van der Waals surface area (Å²) in [6.07, 6.45) is 0. The molecule has 0 amide bonds. The van der Waals surface area contributed by atoms with Crippen LogP contribution < -0.4 is 5.32 Å². The van der Waals surface area contributed by atoms with Crippen molar-refractivity contribution in [2.45, 2.75) is 13.0 Å². The van der Waals surface area contributed by atoms with E-state index < -0.39 is 0 Å². The van der Waals surface area contributed by atoms with Gasteiger partial charge in [0.15, 0.2) is 5.58 Å². The number of nitrogens with zero attached hydrogens (tertiary/aromatic N) is 2.